The Balaban J connectivity index is 2.19. The molecule has 0 spiro atoms. The summed E-state index contributed by atoms with van der Waals surface area (Å²) in [5, 5.41) is 0. The zero-order valence-electron chi connectivity index (χ0n) is 11.5. The fourth-order valence-electron chi connectivity index (χ4n) is 2.61. The van der Waals surface area contributed by atoms with Crippen LogP contribution in [0.15, 0.2) is 12.3 Å². The fraction of sp³-hybridized carbons (Fsp3) is 0.643. The van der Waals surface area contributed by atoms with Gasteiger partial charge in [0.15, 0.2) is 0 Å². The maximum atomic E-state index is 12.5. The van der Waals surface area contributed by atoms with Crippen molar-refractivity contribution in [3.05, 3.63) is 18.0 Å². The first kappa shape index (κ1) is 13.0. The lowest BCUT2D eigenvalue weighted by Gasteiger charge is -2.19. The van der Waals surface area contributed by atoms with Crippen molar-refractivity contribution in [1.29, 1.82) is 0 Å². The number of nitrogen functional groups attached to an aromatic ring is 1. The Kier molecular flexibility index (Phi) is 3.64. The van der Waals surface area contributed by atoms with E-state index in [9.17, 15) is 4.79 Å². The van der Waals surface area contributed by atoms with Crippen LogP contribution >= 0.6 is 0 Å². The van der Waals surface area contributed by atoms with Gasteiger partial charge in [0.05, 0.1) is 5.69 Å². The third kappa shape index (κ3) is 2.37. The second-order valence-corrected chi connectivity index (χ2v) is 5.47. The van der Waals surface area contributed by atoms with Crippen molar-refractivity contribution in [2.75, 3.05) is 18.8 Å². The van der Waals surface area contributed by atoms with Crippen molar-refractivity contribution in [1.82, 2.24) is 9.47 Å². The molecule has 4 heteroatoms. The fourth-order valence-corrected chi connectivity index (χ4v) is 2.61. The summed E-state index contributed by atoms with van der Waals surface area (Å²) in [5.74, 6) is 0.783. The Bertz CT molecular complexity index is 436. The first-order valence-electron chi connectivity index (χ1n) is 6.79. The van der Waals surface area contributed by atoms with Gasteiger partial charge in [-0.15, -0.1) is 0 Å². The van der Waals surface area contributed by atoms with E-state index in [1.165, 1.54) is 0 Å². The molecule has 1 aliphatic rings. The number of carbonyl (C=O) groups is 1. The van der Waals surface area contributed by atoms with Crippen LogP contribution in [0, 0.1) is 5.92 Å². The predicted molar refractivity (Wildman–Crippen MR) is 73.5 cm³/mol. The maximum Gasteiger partial charge on any atom is 0.270 e. The van der Waals surface area contributed by atoms with Crippen molar-refractivity contribution >= 4 is 11.6 Å². The zero-order valence-corrected chi connectivity index (χ0v) is 11.5. The van der Waals surface area contributed by atoms with E-state index in [4.69, 9.17) is 5.73 Å². The highest BCUT2D eigenvalue weighted by molar-refractivity contribution is 5.94. The lowest BCUT2D eigenvalue weighted by molar-refractivity contribution is 0.0774. The molecule has 1 aromatic heterocycles. The number of anilines is 1. The van der Waals surface area contributed by atoms with Gasteiger partial charge >= 0.3 is 0 Å². The molecule has 0 bridgehead atoms. The second-order valence-electron chi connectivity index (χ2n) is 5.47. The highest BCUT2D eigenvalue weighted by atomic mass is 16.2. The van der Waals surface area contributed by atoms with E-state index in [-0.39, 0.29) is 11.9 Å². The van der Waals surface area contributed by atoms with Gasteiger partial charge in [-0.25, -0.2) is 0 Å². The lowest BCUT2D eigenvalue weighted by atomic mass is 10.1. The molecule has 1 amide bonds. The molecule has 2 rings (SSSR count). The van der Waals surface area contributed by atoms with Crippen molar-refractivity contribution in [3.63, 3.8) is 0 Å². The number of rotatable bonds is 3. The van der Waals surface area contributed by atoms with Crippen LogP contribution in [0.3, 0.4) is 0 Å². The van der Waals surface area contributed by atoms with Crippen molar-refractivity contribution in [2.45, 2.75) is 39.7 Å². The number of likely N-dealkylation sites (tertiary alicyclic amines) is 1. The molecule has 0 aliphatic carbocycles. The first-order chi connectivity index (χ1) is 8.52. The minimum atomic E-state index is 0.122. The van der Waals surface area contributed by atoms with E-state index in [1.807, 2.05) is 15.7 Å². The molecule has 100 valence electrons. The Morgan fingerprint density at radius 1 is 1.56 bits per heavy atom. The van der Waals surface area contributed by atoms with Gasteiger partial charge in [0.1, 0.15) is 5.69 Å². The normalized spacial score (nSPS) is 19.8. The minimum Gasteiger partial charge on any atom is -0.397 e. The van der Waals surface area contributed by atoms with Crippen LogP contribution < -0.4 is 5.73 Å². The number of amides is 1. The van der Waals surface area contributed by atoms with Gasteiger partial charge in [0.25, 0.3) is 5.91 Å². The monoisotopic (exact) mass is 249 g/mol. The summed E-state index contributed by atoms with van der Waals surface area (Å²) in [6, 6.07) is 2.05. The van der Waals surface area contributed by atoms with Crippen molar-refractivity contribution in [2.24, 2.45) is 5.92 Å². The lowest BCUT2D eigenvalue weighted by Crippen LogP contribution is -2.30. The topological polar surface area (TPSA) is 51.3 Å². The molecule has 1 unspecified atom stereocenters. The Morgan fingerprint density at radius 2 is 2.28 bits per heavy atom. The van der Waals surface area contributed by atoms with E-state index in [1.54, 1.807) is 6.07 Å². The van der Waals surface area contributed by atoms with Crippen LogP contribution in [-0.4, -0.2) is 28.5 Å². The van der Waals surface area contributed by atoms with Crippen molar-refractivity contribution < 1.29 is 4.79 Å². The Hall–Kier alpha value is -1.45. The molecule has 1 aliphatic heterocycles. The average molecular weight is 249 g/mol. The quantitative estimate of drug-likeness (QED) is 0.895. The SMILES string of the molecule is CCC1CCN(C(=O)c2cc(N)cn2C(C)C)C1. The van der Waals surface area contributed by atoms with Crippen LogP contribution in [0.2, 0.25) is 0 Å². The van der Waals surface area contributed by atoms with E-state index >= 15 is 0 Å². The molecule has 4 nitrogen and oxygen atoms in total. The summed E-state index contributed by atoms with van der Waals surface area (Å²) in [6.45, 7) is 8.08. The Morgan fingerprint density at radius 3 is 2.83 bits per heavy atom. The summed E-state index contributed by atoms with van der Waals surface area (Å²) in [6.07, 6.45) is 4.13. The number of aromatic nitrogens is 1. The van der Waals surface area contributed by atoms with Crippen LogP contribution in [0.4, 0.5) is 5.69 Å². The van der Waals surface area contributed by atoms with Crippen LogP contribution in [-0.2, 0) is 0 Å². The number of nitrogens with two attached hydrogens (primary N) is 1. The summed E-state index contributed by atoms with van der Waals surface area (Å²) in [4.78, 5) is 14.5. The molecule has 1 aromatic rings. The number of carbonyl (C=O) groups excluding carboxylic acids is 1. The van der Waals surface area contributed by atoms with E-state index in [2.05, 4.69) is 20.8 Å². The van der Waals surface area contributed by atoms with Crippen molar-refractivity contribution in [3.8, 4) is 0 Å². The smallest absolute Gasteiger partial charge is 0.270 e. The van der Waals surface area contributed by atoms with E-state index in [0.29, 0.717) is 11.6 Å². The first-order valence-corrected chi connectivity index (χ1v) is 6.79. The summed E-state index contributed by atoms with van der Waals surface area (Å²) in [5.41, 5.74) is 7.20. The minimum absolute atomic E-state index is 0.122. The van der Waals surface area contributed by atoms with Crippen LogP contribution in [0.25, 0.3) is 0 Å². The summed E-state index contributed by atoms with van der Waals surface area (Å²) < 4.78 is 1.97. The molecule has 0 saturated carbocycles. The third-order valence-electron chi connectivity index (χ3n) is 3.80. The molecule has 1 saturated heterocycles. The highest BCUT2D eigenvalue weighted by Crippen LogP contribution is 2.23. The molecular formula is C14H23N3O. The molecule has 0 aromatic carbocycles. The number of nitrogens with zero attached hydrogens (tertiary/aromatic N) is 2. The third-order valence-corrected chi connectivity index (χ3v) is 3.80. The zero-order chi connectivity index (χ0) is 13.3. The van der Waals surface area contributed by atoms with Gasteiger partial charge in [-0.3, -0.25) is 4.79 Å². The molecule has 2 heterocycles. The van der Waals surface area contributed by atoms with Crippen LogP contribution in [0.1, 0.15) is 50.1 Å². The number of hydrogen-bond donors (Lipinski definition) is 1. The van der Waals surface area contributed by atoms with E-state index in [0.717, 1.165) is 31.6 Å². The summed E-state index contributed by atoms with van der Waals surface area (Å²) in [7, 11) is 0. The van der Waals surface area contributed by atoms with Gasteiger partial charge in [-0.05, 0) is 32.3 Å². The van der Waals surface area contributed by atoms with Gasteiger partial charge in [0, 0.05) is 25.3 Å². The molecule has 1 atom stereocenters. The van der Waals surface area contributed by atoms with Gasteiger partial charge < -0.3 is 15.2 Å². The predicted octanol–water partition coefficient (Wildman–Crippen LogP) is 2.52. The molecule has 18 heavy (non-hydrogen) atoms. The van der Waals surface area contributed by atoms with Gasteiger partial charge in [-0.2, -0.15) is 0 Å². The standard InChI is InChI=1S/C14H23N3O/c1-4-11-5-6-16(8-11)14(18)13-7-12(15)9-17(13)10(2)3/h7,9-11H,4-6,8,15H2,1-3H3. The molecular weight excluding hydrogens is 226 g/mol. The molecule has 0 radical (unpaired) electrons. The average Bonchev–Trinajstić information content (AvgIpc) is 2.94. The van der Waals surface area contributed by atoms with Gasteiger partial charge in [-0.1, -0.05) is 13.3 Å². The summed E-state index contributed by atoms with van der Waals surface area (Å²) >= 11 is 0. The van der Waals surface area contributed by atoms with Gasteiger partial charge in [0.2, 0.25) is 0 Å². The Labute approximate surface area is 109 Å². The number of hydrogen-bond acceptors (Lipinski definition) is 2. The maximum absolute atomic E-state index is 12.5. The van der Waals surface area contributed by atoms with E-state index < -0.39 is 0 Å². The molecule has 2 N–H and O–H groups in total. The second kappa shape index (κ2) is 5.04. The van der Waals surface area contributed by atoms with Crippen LogP contribution in [0.5, 0.6) is 0 Å². The largest absolute Gasteiger partial charge is 0.397 e. The highest BCUT2D eigenvalue weighted by Gasteiger charge is 2.27. The molecule has 1 fully saturated rings.